The topological polar surface area (TPSA) is 70.8 Å². The number of rotatable bonds is 3. The van der Waals surface area contributed by atoms with Gasteiger partial charge < -0.3 is 9.52 Å². The molecule has 1 N–H and O–H groups in total. The highest BCUT2D eigenvalue weighted by Gasteiger charge is 2.33. The maximum Gasteiger partial charge on any atom is 0.247 e. The fourth-order valence-electron chi connectivity index (χ4n) is 2.03. The lowest BCUT2D eigenvalue weighted by molar-refractivity contribution is 0.245. The number of aliphatic hydroxyl groups is 1. The van der Waals surface area contributed by atoms with E-state index in [4.69, 9.17) is 9.52 Å². The van der Waals surface area contributed by atoms with E-state index in [0.717, 1.165) is 12.2 Å². The van der Waals surface area contributed by atoms with Crippen LogP contribution in [0.5, 0.6) is 0 Å². The third-order valence-corrected chi connectivity index (χ3v) is 7.40. The van der Waals surface area contributed by atoms with Crippen LogP contribution in [0.1, 0.15) is 26.0 Å². The molecular weight excluding hydrogens is 366 g/mol. The maximum atomic E-state index is 12.6. The summed E-state index contributed by atoms with van der Waals surface area (Å²) in [5.41, 5.74) is 0. The lowest BCUT2D eigenvalue weighted by Gasteiger charge is -2.22. The lowest BCUT2D eigenvalue weighted by atomic mass is 10.1. The van der Waals surface area contributed by atoms with Crippen LogP contribution in [0.3, 0.4) is 0 Å². The number of furan rings is 1. The Balaban J connectivity index is 2.28. The van der Waals surface area contributed by atoms with Crippen molar-refractivity contribution in [3.63, 3.8) is 0 Å². The third kappa shape index (κ3) is 3.41. The average Bonchev–Trinajstić information content (AvgIpc) is 2.64. The van der Waals surface area contributed by atoms with Crippen molar-refractivity contribution in [2.75, 3.05) is 18.8 Å². The number of sulfonamides is 1. The predicted molar refractivity (Wildman–Crippen MR) is 82.2 cm³/mol. The van der Waals surface area contributed by atoms with Crippen molar-refractivity contribution in [2.45, 2.75) is 36.5 Å². The van der Waals surface area contributed by atoms with E-state index < -0.39 is 10.0 Å². The lowest BCUT2D eigenvalue weighted by Crippen LogP contribution is -2.33. The van der Waals surface area contributed by atoms with E-state index in [9.17, 15) is 8.42 Å². The van der Waals surface area contributed by atoms with E-state index in [2.05, 4.69) is 29.8 Å². The molecule has 0 aliphatic carbocycles. The molecule has 20 heavy (non-hydrogen) atoms. The molecule has 0 unspecified atom stereocenters. The Hall–Kier alpha value is -0.0200. The summed E-state index contributed by atoms with van der Waals surface area (Å²) in [7, 11) is -3.59. The van der Waals surface area contributed by atoms with Gasteiger partial charge in [0.2, 0.25) is 10.0 Å². The van der Waals surface area contributed by atoms with Crippen molar-refractivity contribution in [3.8, 4) is 0 Å². The largest absolute Gasteiger partial charge is 0.450 e. The number of thioether (sulfide) groups is 1. The second-order valence-electron chi connectivity index (χ2n) is 5.27. The molecule has 1 saturated heterocycles. The molecular formula is C12H18BrNO4S2. The van der Waals surface area contributed by atoms with E-state index in [-0.39, 0.29) is 26.7 Å². The van der Waals surface area contributed by atoms with Gasteiger partial charge in [0.15, 0.2) is 4.67 Å². The smallest absolute Gasteiger partial charge is 0.247 e. The Kier molecular flexibility index (Phi) is 4.91. The van der Waals surface area contributed by atoms with Crippen molar-refractivity contribution in [2.24, 2.45) is 0 Å². The summed E-state index contributed by atoms with van der Waals surface area (Å²) in [6.07, 6.45) is 0.805. The number of nitrogens with zero attached hydrogens (tertiary/aromatic N) is 1. The van der Waals surface area contributed by atoms with Crippen molar-refractivity contribution in [1.29, 1.82) is 0 Å². The zero-order valence-electron chi connectivity index (χ0n) is 11.4. The molecule has 1 aromatic heterocycles. The Morgan fingerprint density at radius 2 is 2.20 bits per heavy atom. The first-order chi connectivity index (χ1) is 9.26. The molecule has 1 aliphatic rings. The number of hydrogen-bond acceptors (Lipinski definition) is 5. The molecule has 2 heterocycles. The molecule has 5 nitrogen and oxygen atoms in total. The summed E-state index contributed by atoms with van der Waals surface area (Å²) in [4.78, 5) is 0.0891. The van der Waals surface area contributed by atoms with Gasteiger partial charge in [-0.15, -0.1) is 0 Å². The Morgan fingerprint density at radius 3 is 2.80 bits per heavy atom. The van der Waals surface area contributed by atoms with E-state index in [0.29, 0.717) is 13.1 Å². The molecule has 1 fully saturated rings. The van der Waals surface area contributed by atoms with Crippen molar-refractivity contribution >= 4 is 37.7 Å². The summed E-state index contributed by atoms with van der Waals surface area (Å²) >= 11 is 4.90. The summed E-state index contributed by atoms with van der Waals surface area (Å²) in [6.45, 7) is 4.92. The second-order valence-corrected chi connectivity index (χ2v) is 9.70. The molecule has 2 rings (SSSR count). The monoisotopic (exact) mass is 383 g/mol. The van der Waals surface area contributed by atoms with Gasteiger partial charge in [0.05, 0.1) is 0 Å². The van der Waals surface area contributed by atoms with Gasteiger partial charge in [-0.1, -0.05) is 13.8 Å². The van der Waals surface area contributed by atoms with Crippen LogP contribution in [0.15, 0.2) is 20.0 Å². The third-order valence-electron chi connectivity index (χ3n) is 3.28. The number of halogens is 1. The Morgan fingerprint density at radius 1 is 1.50 bits per heavy atom. The van der Waals surface area contributed by atoms with Crippen LogP contribution in [-0.4, -0.2) is 41.4 Å². The van der Waals surface area contributed by atoms with E-state index >= 15 is 0 Å². The van der Waals surface area contributed by atoms with Gasteiger partial charge in [-0.05, 0) is 22.4 Å². The van der Waals surface area contributed by atoms with Crippen molar-refractivity contribution in [1.82, 2.24) is 4.31 Å². The highest BCUT2D eigenvalue weighted by atomic mass is 79.9. The minimum atomic E-state index is -3.59. The van der Waals surface area contributed by atoms with Gasteiger partial charge >= 0.3 is 0 Å². The zero-order valence-corrected chi connectivity index (χ0v) is 14.6. The number of hydrogen-bond donors (Lipinski definition) is 1. The van der Waals surface area contributed by atoms with Crippen LogP contribution < -0.4 is 0 Å². The summed E-state index contributed by atoms with van der Waals surface area (Å²) in [5, 5.41) is 9.04. The minimum absolute atomic E-state index is 0.0891. The van der Waals surface area contributed by atoms with E-state index in [1.165, 1.54) is 10.4 Å². The van der Waals surface area contributed by atoms with Gasteiger partial charge in [0.1, 0.15) is 17.3 Å². The minimum Gasteiger partial charge on any atom is -0.450 e. The van der Waals surface area contributed by atoms with E-state index in [1.807, 2.05) is 0 Å². The van der Waals surface area contributed by atoms with Gasteiger partial charge in [-0.25, -0.2) is 8.42 Å². The SMILES string of the molecule is CC1(C)CCN(S(=O)(=O)c2cc(CO)oc2Br)CCS1. The normalized spacial score (nSPS) is 20.8. The second kappa shape index (κ2) is 6.00. The van der Waals surface area contributed by atoms with Crippen molar-refractivity contribution in [3.05, 3.63) is 16.5 Å². The fourth-order valence-corrected chi connectivity index (χ4v) is 5.65. The standard InChI is InChI=1S/C12H18BrNO4S2/c1-12(2)3-4-14(5-6-19-12)20(16,17)10-7-9(8-15)18-11(10)13/h7,15H,3-6,8H2,1-2H3. The fraction of sp³-hybridized carbons (Fsp3) is 0.667. The average molecular weight is 384 g/mol. The molecule has 0 atom stereocenters. The van der Waals surface area contributed by atoms with Crippen molar-refractivity contribution < 1.29 is 17.9 Å². The Bertz CT molecular complexity index is 582. The number of aliphatic hydroxyl groups excluding tert-OH is 1. The van der Waals surface area contributed by atoms with Crippen LogP contribution in [0.4, 0.5) is 0 Å². The quantitative estimate of drug-likeness (QED) is 0.867. The summed E-state index contributed by atoms with van der Waals surface area (Å²) in [6, 6.07) is 1.38. The molecule has 1 aromatic rings. The molecule has 0 aromatic carbocycles. The summed E-state index contributed by atoms with van der Waals surface area (Å²) in [5.74, 6) is 1.01. The molecule has 0 radical (unpaired) electrons. The van der Waals surface area contributed by atoms with Crippen LogP contribution in [-0.2, 0) is 16.6 Å². The van der Waals surface area contributed by atoms with Gasteiger partial charge in [0.25, 0.3) is 0 Å². The van der Waals surface area contributed by atoms with Gasteiger partial charge in [-0.3, -0.25) is 0 Å². The molecule has 0 spiro atoms. The molecule has 8 heteroatoms. The molecule has 0 saturated carbocycles. The predicted octanol–water partition coefficient (Wildman–Crippen LogP) is 2.44. The Labute approximate surface area is 131 Å². The highest BCUT2D eigenvalue weighted by Crippen LogP contribution is 2.34. The van der Waals surface area contributed by atoms with Gasteiger partial charge in [-0.2, -0.15) is 16.1 Å². The first-order valence-corrected chi connectivity index (χ1v) is 9.51. The van der Waals surface area contributed by atoms with Crippen LogP contribution in [0, 0.1) is 0 Å². The molecule has 0 bridgehead atoms. The van der Waals surface area contributed by atoms with E-state index in [1.54, 1.807) is 11.8 Å². The zero-order chi connectivity index (χ0) is 15.0. The first kappa shape index (κ1) is 16.4. The molecule has 114 valence electrons. The molecule has 1 aliphatic heterocycles. The highest BCUT2D eigenvalue weighted by molar-refractivity contribution is 9.10. The van der Waals surface area contributed by atoms with Crippen LogP contribution >= 0.6 is 27.7 Å². The maximum absolute atomic E-state index is 12.6. The van der Waals surface area contributed by atoms with Crippen LogP contribution in [0.2, 0.25) is 0 Å². The molecule has 0 amide bonds. The van der Waals surface area contributed by atoms with Gasteiger partial charge in [0, 0.05) is 29.7 Å². The first-order valence-electron chi connectivity index (χ1n) is 6.29. The summed E-state index contributed by atoms with van der Waals surface area (Å²) < 4.78 is 32.2. The van der Waals surface area contributed by atoms with Crippen LogP contribution in [0.25, 0.3) is 0 Å².